The lowest BCUT2D eigenvalue weighted by molar-refractivity contribution is -0.134. The van der Waals surface area contributed by atoms with Crippen molar-refractivity contribution >= 4 is 11.9 Å². The van der Waals surface area contributed by atoms with Crippen molar-refractivity contribution in [3.05, 3.63) is 0 Å². The van der Waals surface area contributed by atoms with E-state index in [1.807, 2.05) is 25.7 Å². The zero-order valence-electron chi connectivity index (χ0n) is 15.5. The molecule has 6 heteroatoms. The second-order valence-electron chi connectivity index (χ2n) is 7.91. The number of nitrogens with zero attached hydrogens (tertiary/aromatic N) is 2. The number of nitrogens with one attached hydrogen (secondary N) is 2. The second-order valence-corrected chi connectivity index (χ2v) is 7.91. The molecular weight excluding hydrogens is 304 g/mol. The Kier molecular flexibility index (Phi) is 6.90. The first-order valence-electron chi connectivity index (χ1n) is 9.39. The zero-order valence-corrected chi connectivity index (χ0v) is 15.5. The van der Waals surface area contributed by atoms with E-state index in [0.29, 0.717) is 12.5 Å². The summed E-state index contributed by atoms with van der Waals surface area (Å²) in [4.78, 5) is 19.1. The molecule has 2 aliphatic rings. The molecule has 3 N–H and O–H groups in total. The van der Waals surface area contributed by atoms with Gasteiger partial charge in [0.05, 0.1) is 6.54 Å². The van der Waals surface area contributed by atoms with Crippen molar-refractivity contribution in [1.82, 2.24) is 15.5 Å². The van der Waals surface area contributed by atoms with E-state index in [4.69, 9.17) is 0 Å². The molecule has 1 heterocycles. The number of aliphatic hydroxyl groups is 1. The summed E-state index contributed by atoms with van der Waals surface area (Å²) in [5.74, 6) is 1.38. The highest BCUT2D eigenvalue weighted by atomic mass is 16.3. The summed E-state index contributed by atoms with van der Waals surface area (Å²) in [6, 6.07) is 0.255. The summed E-state index contributed by atoms with van der Waals surface area (Å²) < 4.78 is 0. The first kappa shape index (κ1) is 19.0. The van der Waals surface area contributed by atoms with Crippen LogP contribution >= 0.6 is 0 Å². The number of amides is 1. The minimum Gasteiger partial charge on any atom is -0.396 e. The van der Waals surface area contributed by atoms with Gasteiger partial charge in [0.1, 0.15) is 0 Å². The molecule has 1 saturated carbocycles. The van der Waals surface area contributed by atoms with Gasteiger partial charge in [0, 0.05) is 43.6 Å². The Labute approximate surface area is 146 Å². The van der Waals surface area contributed by atoms with E-state index in [1.165, 1.54) is 12.8 Å². The Morgan fingerprint density at radius 3 is 2.62 bits per heavy atom. The Balaban J connectivity index is 1.86. The highest BCUT2D eigenvalue weighted by Gasteiger charge is 2.32. The van der Waals surface area contributed by atoms with E-state index in [9.17, 15) is 9.90 Å². The fourth-order valence-electron chi connectivity index (χ4n) is 3.37. The minimum absolute atomic E-state index is 0.114. The number of hydrogen-bond donors (Lipinski definition) is 3. The lowest BCUT2D eigenvalue weighted by Gasteiger charge is -2.23. The largest absolute Gasteiger partial charge is 0.396 e. The van der Waals surface area contributed by atoms with Gasteiger partial charge in [-0.05, 0) is 26.2 Å². The fraction of sp³-hybridized carbons (Fsp3) is 0.889. The molecule has 1 aliphatic carbocycles. The van der Waals surface area contributed by atoms with E-state index < -0.39 is 0 Å². The molecule has 0 aromatic rings. The molecular formula is C18H34N4O2. The number of carbonyl (C=O) groups is 1. The van der Waals surface area contributed by atoms with Crippen LogP contribution in [-0.2, 0) is 4.79 Å². The van der Waals surface area contributed by atoms with Gasteiger partial charge in [0.25, 0.3) is 0 Å². The third-order valence-corrected chi connectivity index (χ3v) is 4.98. The predicted octanol–water partition coefficient (Wildman–Crippen LogP) is 1.35. The quantitative estimate of drug-likeness (QED) is 0.505. The van der Waals surface area contributed by atoms with Crippen LogP contribution in [0.4, 0.5) is 0 Å². The number of carbonyl (C=O) groups excluding carboxylic acids is 1. The van der Waals surface area contributed by atoms with Crippen molar-refractivity contribution in [1.29, 1.82) is 0 Å². The molecule has 1 amide bonds. The van der Waals surface area contributed by atoms with Crippen LogP contribution in [0, 0.1) is 11.3 Å². The van der Waals surface area contributed by atoms with Crippen LogP contribution in [0.3, 0.4) is 0 Å². The van der Waals surface area contributed by atoms with Gasteiger partial charge in [-0.15, -0.1) is 0 Å². The van der Waals surface area contributed by atoms with Crippen LogP contribution < -0.4 is 10.6 Å². The molecule has 1 unspecified atom stereocenters. The van der Waals surface area contributed by atoms with Gasteiger partial charge in [-0.25, -0.2) is 0 Å². The van der Waals surface area contributed by atoms with Gasteiger partial charge < -0.3 is 20.6 Å². The molecule has 0 aromatic heterocycles. The van der Waals surface area contributed by atoms with Crippen LogP contribution in [0.25, 0.3) is 0 Å². The molecule has 1 atom stereocenters. The van der Waals surface area contributed by atoms with Crippen LogP contribution in [0.5, 0.6) is 0 Å². The van der Waals surface area contributed by atoms with E-state index in [1.54, 1.807) is 0 Å². The van der Waals surface area contributed by atoms with Crippen LogP contribution in [-0.4, -0.2) is 60.7 Å². The molecule has 0 spiro atoms. The number of guanidine groups is 1. The van der Waals surface area contributed by atoms with Crippen molar-refractivity contribution < 1.29 is 9.90 Å². The Bertz CT molecular complexity index is 444. The maximum absolute atomic E-state index is 12.5. The lowest BCUT2D eigenvalue weighted by Crippen LogP contribution is -2.46. The number of likely N-dealkylation sites (tertiary alicyclic amines) is 1. The van der Waals surface area contributed by atoms with Crippen LogP contribution in [0.15, 0.2) is 4.99 Å². The standard InChI is InChI=1S/C18H34N4O2/c1-4-19-17(20-12-18(2,3)13-23)21-15-9-10-22(11-15)16(24)14-7-5-6-8-14/h14-15,23H,4-13H2,1-3H3,(H2,19,20,21). The van der Waals surface area contributed by atoms with Gasteiger partial charge in [0.2, 0.25) is 5.91 Å². The van der Waals surface area contributed by atoms with Gasteiger partial charge in [-0.3, -0.25) is 9.79 Å². The van der Waals surface area contributed by atoms with Gasteiger partial charge in [-0.1, -0.05) is 26.7 Å². The van der Waals surface area contributed by atoms with Crippen molar-refractivity contribution in [2.24, 2.45) is 16.3 Å². The molecule has 0 radical (unpaired) electrons. The van der Waals surface area contributed by atoms with E-state index in [0.717, 1.165) is 44.9 Å². The molecule has 0 bridgehead atoms. The summed E-state index contributed by atoms with van der Waals surface area (Å²) in [7, 11) is 0. The molecule has 1 aliphatic heterocycles. The van der Waals surface area contributed by atoms with E-state index >= 15 is 0 Å². The number of rotatable bonds is 6. The molecule has 2 fully saturated rings. The summed E-state index contributed by atoms with van der Waals surface area (Å²) in [6.07, 6.45) is 5.49. The topological polar surface area (TPSA) is 77.0 Å². The highest BCUT2D eigenvalue weighted by molar-refractivity contribution is 5.81. The molecule has 6 nitrogen and oxygen atoms in total. The Hall–Kier alpha value is -1.30. The first-order chi connectivity index (χ1) is 11.4. The highest BCUT2D eigenvalue weighted by Crippen LogP contribution is 2.27. The van der Waals surface area contributed by atoms with Gasteiger partial charge in [-0.2, -0.15) is 0 Å². The number of aliphatic imine (C=N–C) groups is 1. The molecule has 2 rings (SSSR count). The molecule has 138 valence electrons. The summed E-state index contributed by atoms with van der Waals surface area (Å²) in [6.45, 7) is 9.12. The normalized spacial score (nSPS) is 22.9. The second kappa shape index (κ2) is 8.70. The SMILES string of the molecule is CCNC(=NCC(C)(C)CO)NC1CCN(C(=O)C2CCCC2)C1. The molecule has 24 heavy (non-hydrogen) atoms. The van der Waals surface area contributed by atoms with Crippen LogP contribution in [0.1, 0.15) is 52.9 Å². The minimum atomic E-state index is -0.220. The maximum Gasteiger partial charge on any atom is 0.225 e. The maximum atomic E-state index is 12.5. The molecule has 1 saturated heterocycles. The summed E-state index contributed by atoms with van der Waals surface area (Å²) >= 11 is 0. The van der Waals surface area contributed by atoms with Crippen molar-refractivity contribution in [3.63, 3.8) is 0 Å². The average molecular weight is 338 g/mol. The first-order valence-corrected chi connectivity index (χ1v) is 9.39. The Morgan fingerprint density at radius 1 is 1.29 bits per heavy atom. The third kappa shape index (κ3) is 5.36. The van der Waals surface area contributed by atoms with E-state index in [-0.39, 0.29) is 24.0 Å². The monoisotopic (exact) mass is 338 g/mol. The van der Waals surface area contributed by atoms with Crippen LogP contribution in [0.2, 0.25) is 0 Å². The predicted molar refractivity (Wildman–Crippen MR) is 96.9 cm³/mol. The van der Waals surface area contributed by atoms with Gasteiger partial charge in [0.15, 0.2) is 5.96 Å². The van der Waals surface area contributed by atoms with E-state index in [2.05, 4.69) is 15.6 Å². The van der Waals surface area contributed by atoms with Crippen molar-refractivity contribution in [2.45, 2.75) is 58.9 Å². The van der Waals surface area contributed by atoms with Crippen molar-refractivity contribution in [2.75, 3.05) is 32.8 Å². The molecule has 0 aromatic carbocycles. The lowest BCUT2D eigenvalue weighted by atomic mass is 9.95. The van der Waals surface area contributed by atoms with Gasteiger partial charge >= 0.3 is 0 Å². The number of hydrogen-bond acceptors (Lipinski definition) is 3. The third-order valence-electron chi connectivity index (χ3n) is 4.98. The number of aliphatic hydroxyl groups excluding tert-OH is 1. The Morgan fingerprint density at radius 2 is 2.00 bits per heavy atom. The van der Waals surface area contributed by atoms with Crippen molar-refractivity contribution in [3.8, 4) is 0 Å². The summed E-state index contributed by atoms with van der Waals surface area (Å²) in [5, 5.41) is 16.1. The fourth-order valence-corrected chi connectivity index (χ4v) is 3.37. The average Bonchev–Trinajstić information content (AvgIpc) is 3.24. The summed E-state index contributed by atoms with van der Waals surface area (Å²) in [5.41, 5.74) is -0.220. The zero-order chi connectivity index (χ0) is 17.6. The smallest absolute Gasteiger partial charge is 0.225 e.